The molecule has 2 aromatic rings. The number of halogens is 1. The summed E-state index contributed by atoms with van der Waals surface area (Å²) >= 11 is 0. The van der Waals surface area contributed by atoms with Gasteiger partial charge in [-0.15, -0.1) is 0 Å². The number of hydrogen-bond acceptors (Lipinski definition) is 3. The number of benzene rings is 2. The monoisotopic (exact) mass is 341 g/mol. The van der Waals surface area contributed by atoms with Gasteiger partial charge in [0.1, 0.15) is 5.82 Å². The first-order valence-electron chi connectivity index (χ1n) is 8.45. The lowest BCUT2D eigenvalue weighted by molar-refractivity contribution is -0.158. The quantitative estimate of drug-likeness (QED) is 0.828. The maximum Gasteiger partial charge on any atom is 0.310 e. The summed E-state index contributed by atoms with van der Waals surface area (Å²) in [4.78, 5) is 25.0. The Morgan fingerprint density at radius 1 is 1.00 bits per heavy atom. The maximum absolute atomic E-state index is 13.0. The fraction of sp³-hybridized carbons (Fsp3) is 0.300. The Bertz CT molecular complexity index is 724. The highest BCUT2D eigenvalue weighted by molar-refractivity contribution is 5.96. The maximum atomic E-state index is 13.0. The molecule has 1 fully saturated rings. The summed E-state index contributed by atoms with van der Waals surface area (Å²) < 4.78 is 18.6. The molecular weight excluding hydrogens is 321 g/mol. The summed E-state index contributed by atoms with van der Waals surface area (Å²) in [6.45, 7) is 0. The summed E-state index contributed by atoms with van der Waals surface area (Å²) in [5, 5.41) is 2.68. The van der Waals surface area contributed by atoms with E-state index < -0.39 is 12.0 Å². The number of ether oxygens (including phenoxy) is 1. The van der Waals surface area contributed by atoms with Crippen LogP contribution in [0.3, 0.4) is 0 Å². The Morgan fingerprint density at radius 2 is 1.64 bits per heavy atom. The van der Waals surface area contributed by atoms with Gasteiger partial charge < -0.3 is 10.1 Å². The third-order valence-electron chi connectivity index (χ3n) is 4.37. The van der Waals surface area contributed by atoms with E-state index in [2.05, 4.69) is 5.32 Å². The molecule has 25 heavy (non-hydrogen) atoms. The van der Waals surface area contributed by atoms with Gasteiger partial charge in [-0.05, 0) is 37.1 Å². The van der Waals surface area contributed by atoms with Gasteiger partial charge in [0.15, 0.2) is 0 Å². The first kappa shape index (κ1) is 17.1. The van der Waals surface area contributed by atoms with Crippen LogP contribution in [0.5, 0.6) is 0 Å². The highest BCUT2D eigenvalue weighted by Crippen LogP contribution is 2.29. The number of hydrogen-bond donors (Lipinski definition) is 1. The SMILES string of the molecule is O=C(O[C@H](C(=O)Nc1ccc(F)cc1)c1ccccc1)C1CCCC1. The number of carbonyl (C=O) groups excluding carboxylic acids is 2. The van der Waals surface area contributed by atoms with Crippen molar-refractivity contribution in [1.82, 2.24) is 0 Å². The summed E-state index contributed by atoms with van der Waals surface area (Å²) in [5.74, 6) is -1.31. The Balaban J connectivity index is 1.76. The molecule has 1 saturated carbocycles. The molecule has 2 aromatic carbocycles. The van der Waals surface area contributed by atoms with Crippen molar-refractivity contribution in [3.63, 3.8) is 0 Å². The Labute approximate surface area is 146 Å². The molecule has 1 amide bonds. The molecule has 0 saturated heterocycles. The molecule has 4 nitrogen and oxygen atoms in total. The van der Waals surface area contributed by atoms with Gasteiger partial charge in [-0.25, -0.2) is 4.39 Å². The molecule has 1 atom stereocenters. The topological polar surface area (TPSA) is 55.4 Å². The van der Waals surface area contributed by atoms with Crippen molar-refractivity contribution in [3.05, 3.63) is 66.0 Å². The van der Waals surface area contributed by atoms with Gasteiger partial charge in [0.05, 0.1) is 5.92 Å². The molecule has 1 aliphatic rings. The van der Waals surface area contributed by atoms with Crippen molar-refractivity contribution in [1.29, 1.82) is 0 Å². The van der Waals surface area contributed by atoms with Gasteiger partial charge in [0.25, 0.3) is 5.91 Å². The lowest BCUT2D eigenvalue weighted by Crippen LogP contribution is -2.28. The minimum Gasteiger partial charge on any atom is -0.447 e. The molecule has 130 valence electrons. The predicted molar refractivity (Wildman–Crippen MR) is 92.3 cm³/mol. The van der Waals surface area contributed by atoms with E-state index in [0.29, 0.717) is 11.3 Å². The van der Waals surface area contributed by atoms with Crippen LogP contribution in [0.2, 0.25) is 0 Å². The number of rotatable bonds is 5. The summed E-state index contributed by atoms with van der Waals surface area (Å²) in [7, 11) is 0. The highest BCUT2D eigenvalue weighted by Gasteiger charge is 2.30. The van der Waals surface area contributed by atoms with Crippen LogP contribution in [0.15, 0.2) is 54.6 Å². The Kier molecular flexibility index (Phi) is 5.43. The third-order valence-corrected chi connectivity index (χ3v) is 4.37. The van der Waals surface area contributed by atoms with Crippen LogP contribution in [0.1, 0.15) is 37.4 Å². The van der Waals surface area contributed by atoms with Crippen LogP contribution in [0.25, 0.3) is 0 Å². The largest absolute Gasteiger partial charge is 0.447 e. The van der Waals surface area contributed by atoms with Crippen LogP contribution >= 0.6 is 0 Å². The average Bonchev–Trinajstić information content (AvgIpc) is 3.17. The molecule has 0 aliphatic heterocycles. The van der Waals surface area contributed by atoms with E-state index in [9.17, 15) is 14.0 Å². The van der Waals surface area contributed by atoms with E-state index in [4.69, 9.17) is 4.74 Å². The zero-order chi connectivity index (χ0) is 17.6. The van der Waals surface area contributed by atoms with E-state index in [1.807, 2.05) is 6.07 Å². The minimum atomic E-state index is -1.03. The smallest absolute Gasteiger partial charge is 0.310 e. The molecule has 0 aromatic heterocycles. The van der Waals surface area contributed by atoms with Crippen LogP contribution in [-0.4, -0.2) is 11.9 Å². The first-order valence-corrected chi connectivity index (χ1v) is 8.45. The van der Waals surface area contributed by atoms with E-state index in [-0.39, 0.29) is 17.7 Å². The van der Waals surface area contributed by atoms with Gasteiger partial charge in [-0.3, -0.25) is 9.59 Å². The molecule has 0 spiro atoms. The first-order chi connectivity index (χ1) is 12.1. The van der Waals surface area contributed by atoms with Crippen molar-refractivity contribution < 1.29 is 18.7 Å². The van der Waals surface area contributed by atoms with Crippen molar-refractivity contribution in [2.75, 3.05) is 5.32 Å². The van der Waals surface area contributed by atoms with Crippen LogP contribution in [0.4, 0.5) is 10.1 Å². The van der Waals surface area contributed by atoms with Gasteiger partial charge in [-0.2, -0.15) is 0 Å². The summed E-state index contributed by atoms with van der Waals surface area (Å²) in [6, 6.07) is 14.4. The number of nitrogens with one attached hydrogen (secondary N) is 1. The molecule has 0 radical (unpaired) electrons. The third kappa shape index (κ3) is 4.44. The zero-order valence-corrected chi connectivity index (χ0v) is 13.8. The zero-order valence-electron chi connectivity index (χ0n) is 13.8. The van der Waals surface area contributed by atoms with Crippen molar-refractivity contribution in [2.24, 2.45) is 5.92 Å². The Morgan fingerprint density at radius 3 is 2.28 bits per heavy atom. The standard InChI is InChI=1S/C20H20FNO3/c21-16-10-12-17(13-11-16)22-19(23)18(14-6-2-1-3-7-14)25-20(24)15-8-4-5-9-15/h1-3,6-7,10-13,15,18H,4-5,8-9H2,(H,22,23)/t18-/m0/s1. The van der Waals surface area contributed by atoms with E-state index in [0.717, 1.165) is 25.7 Å². The van der Waals surface area contributed by atoms with Gasteiger partial charge in [0, 0.05) is 11.3 Å². The number of carbonyl (C=O) groups is 2. The van der Waals surface area contributed by atoms with E-state index in [1.165, 1.54) is 24.3 Å². The predicted octanol–water partition coefficient (Wildman–Crippen LogP) is 4.24. The molecule has 1 N–H and O–H groups in total. The van der Waals surface area contributed by atoms with Gasteiger partial charge >= 0.3 is 5.97 Å². The lowest BCUT2D eigenvalue weighted by Gasteiger charge is -2.20. The van der Waals surface area contributed by atoms with Crippen molar-refractivity contribution in [3.8, 4) is 0 Å². The second-order valence-electron chi connectivity index (χ2n) is 6.21. The Hall–Kier alpha value is -2.69. The van der Waals surface area contributed by atoms with Gasteiger partial charge in [-0.1, -0.05) is 43.2 Å². The molecule has 0 unspecified atom stereocenters. The van der Waals surface area contributed by atoms with Crippen molar-refractivity contribution >= 4 is 17.6 Å². The molecule has 3 rings (SSSR count). The van der Waals surface area contributed by atoms with Crippen molar-refractivity contribution in [2.45, 2.75) is 31.8 Å². The molecule has 0 heterocycles. The fourth-order valence-electron chi connectivity index (χ4n) is 3.02. The lowest BCUT2D eigenvalue weighted by atomic mass is 10.1. The number of amides is 1. The number of esters is 1. The highest BCUT2D eigenvalue weighted by atomic mass is 19.1. The molecule has 5 heteroatoms. The van der Waals surface area contributed by atoms with Gasteiger partial charge in [0.2, 0.25) is 6.10 Å². The van der Waals surface area contributed by atoms with E-state index in [1.54, 1.807) is 24.3 Å². The second-order valence-corrected chi connectivity index (χ2v) is 6.21. The van der Waals surface area contributed by atoms with E-state index >= 15 is 0 Å². The van der Waals surface area contributed by atoms with Crippen LogP contribution < -0.4 is 5.32 Å². The minimum absolute atomic E-state index is 0.134. The normalized spacial score (nSPS) is 15.6. The molecule has 1 aliphatic carbocycles. The number of anilines is 1. The van der Waals surface area contributed by atoms with Crippen LogP contribution in [-0.2, 0) is 14.3 Å². The molecule has 0 bridgehead atoms. The average molecular weight is 341 g/mol. The van der Waals surface area contributed by atoms with Crippen LogP contribution in [0, 0.1) is 11.7 Å². The summed E-state index contributed by atoms with van der Waals surface area (Å²) in [5.41, 5.74) is 1.05. The molecular formula is C20H20FNO3. The second kappa shape index (κ2) is 7.92. The summed E-state index contributed by atoms with van der Waals surface area (Å²) in [6.07, 6.45) is 2.61. The fourth-order valence-corrected chi connectivity index (χ4v) is 3.02.